The summed E-state index contributed by atoms with van der Waals surface area (Å²) in [5, 5.41) is 2.65. The van der Waals surface area contributed by atoms with Crippen molar-refractivity contribution >= 4 is 69.8 Å². The Morgan fingerprint density at radius 2 is 1.61 bits per heavy atom. The van der Waals surface area contributed by atoms with Gasteiger partial charge in [-0.15, -0.1) is 0 Å². The lowest BCUT2D eigenvalue weighted by Gasteiger charge is -2.26. The first-order valence-corrected chi connectivity index (χ1v) is 11.0. The van der Waals surface area contributed by atoms with Crippen molar-refractivity contribution in [2.45, 2.75) is 0 Å². The highest BCUT2D eigenvalue weighted by Gasteiger charge is 2.37. The molecule has 1 saturated heterocycles. The number of hydrogen-bond donors (Lipinski definition) is 1. The van der Waals surface area contributed by atoms with E-state index in [-0.39, 0.29) is 16.9 Å². The molecule has 4 amide bonds. The van der Waals surface area contributed by atoms with Crippen LogP contribution in [0, 0.1) is 3.57 Å². The van der Waals surface area contributed by atoms with Crippen LogP contribution in [0.4, 0.5) is 10.5 Å². The number of esters is 1. The minimum atomic E-state index is -0.842. The van der Waals surface area contributed by atoms with E-state index >= 15 is 0 Å². The van der Waals surface area contributed by atoms with Crippen molar-refractivity contribution in [1.82, 2.24) is 5.32 Å². The Morgan fingerprint density at radius 1 is 0.939 bits per heavy atom. The molecule has 0 saturated carbocycles. The van der Waals surface area contributed by atoms with Crippen LogP contribution in [0.25, 0.3) is 6.08 Å². The van der Waals surface area contributed by atoms with Gasteiger partial charge in [0.1, 0.15) is 11.3 Å². The Kier molecular flexibility index (Phi) is 6.57. The van der Waals surface area contributed by atoms with Crippen LogP contribution in [0.1, 0.15) is 15.9 Å². The molecule has 3 aromatic carbocycles. The van der Waals surface area contributed by atoms with Gasteiger partial charge in [0.05, 0.1) is 11.3 Å². The molecule has 4 rings (SSSR count). The summed E-state index contributed by atoms with van der Waals surface area (Å²) in [6, 6.07) is 18.5. The molecule has 1 fully saturated rings. The number of barbiturate groups is 1. The zero-order valence-electron chi connectivity index (χ0n) is 16.7. The fourth-order valence-corrected chi connectivity index (χ4v) is 3.56. The van der Waals surface area contributed by atoms with Crippen molar-refractivity contribution < 1.29 is 23.9 Å². The molecule has 7 nitrogen and oxygen atoms in total. The van der Waals surface area contributed by atoms with Crippen LogP contribution in [0.5, 0.6) is 5.75 Å². The van der Waals surface area contributed by atoms with Gasteiger partial charge < -0.3 is 4.74 Å². The topological polar surface area (TPSA) is 92.8 Å². The van der Waals surface area contributed by atoms with Crippen molar-refractivity contribution in [3.05, 3.63) is 98.1 Å². The summed E-state index contributed by atoms with van der Waals surface area (Å²) in [7, 11) is 0. The van der Waals surface area contributed by atoms with Gasteiger partial charge in [0, 0.05) is 14.2 Å². The van der Waals surface area contributed by atoms with E-state index in [1.165, 1.54) is 24.3 Å². The largest absolute Gasteiger partial charge is 0.422 e. The number of para-hydroxylation sites is 1. The zero-order chi connectivity index (χ0) is 23.5. The number of carbonyl (C=O) groups is 4. The predicted octanol–water partition coefficient (Wildman–Crippen LogP) is 4.83. The van der Waals surface area contributed by atoms with E-state index in [0.29, 0.717) is 16.3 Å². The second kappa shape index (κ2) is 9.55. The molecule has 0 aliphatic carbocycles. The Labute approximate surface area is 207 Å². The molecular formula is C24H14ClIN2O5. The maximum atomic E-state index is 13.1. The van der Waals surface area contributed by atoms with Gasteiger partial charge in [0.15, 0.2) is 0 Å². The molecule has 1 N–H and O–H groups in total. The van der Waals surface area contributed by atoms with E-state index in [0.717, 1.165) is 8.47 Å². The Hall–Kier alpha value is -3.50. The highest BCUT2D eigenvalue weighted by atomic mass is 127. The molecular weight excluding hydrogens is 559 g/mol. The molecule has 33 heavy (non-hydrogen) atoms. The molecule has 0 spiro atoms. The number of nitrogens with one attached hydrogen (secondary N) is 1. The molecule has 0 radical (unpaired) electrons. The van der Waals surface area contributed by atoms with Gasteiger partial charge in [0.25, 0.3) is 11.8 Å². The van der Waals surface area contributed by atoms with E-state index in [2.05, 4.69) is 27.9 Å². The predicted molar refractivity (Wildman–Crippen MR) is 131 cm³/mol. The van der Waals surface area contributed by atoms with E-state index in [1.54, 1.807) is 54.6 Å². The molecule has 0 unspecified atom stereocenters. The van der Waals surface area contributed by atoms with E-state index in [1.807, 2.05) is 0 Å². The van der Waals surface area contributed by atoms with Crippen LogP contribution in [0.2, 0.25) is 5.02 Å². The van der Waals surface area contributed by atoms with Gasteiger partial charge in [-0.25, -0.2) is 14.5 Å². The van der Waals surface area contributed by atoms with Crippen LogP contribution < -0.4 is 15.0 Å². The third kappa shape index (κ3) is 4.96. The van der Waals surface area contributed by atoms with Gasteiger partial charge in [-0.1, -0.05) is 29.8 Å². The average molecular weight is 573 g/mol. The third-order valence-corrected chi connectivity index (χ3v) is 5.66. The molecule has 0 aromatic heterocycles. The number of halogens is 2. The molecule has 1 aliphatic heterocycles. The SMILES string of the molecule is O=C1NC(=O)N(c2ccc(I)cc2)C(=O)/C1=C\c1ccccc1OC(=O)c1ccc(Cl)cc1. The number of carbonyl (C=O) groups excluding carboxylic acids is 4. The lowest BCUT2D eigenvalue weighted by molar-refractivity contribution is -0.122. The summed E-state index contributed by atoms with van der Waals surface area (Å²) >= 11 is 7.96. The first-order valence-electron chi connectivity index (χ1n) is 9.57. The van der Waals surface area contributed by atoms with Crippen molar-refractivity contribution in [2.24, 2.45) is 0 Å². The van der Waals surface area contributed by atoms with Crippen molar-refractivity contribution in [3.63, 3.8) is 0 Å². The summed E-state index contributed by atoms with van der Waals surface area (Å²) in [6.45, 7) is 0. The number of imide groups is 2. The standard InChI is InChI=1S/C24H14ClIN2O5/c25-16-7-5-14(6-8-16)23(31)33-20-4-2-1-3-15(20)13-19-21(29)27-24(32)28(22(19)30)18-11-9-17(26)10-12-18/h1-13H,(H,27,29,32)/b19-13-. The number of nitrogens with zero attached hydrogens (tertiary/aromatic N) is 1. The van der Waals surface area contributed by atoms with Gasteiger partial charge in [0.2, 0.25) is 0 Å². The molecule has 164 valence electrons. The first kappa shape index (κ1) is 22.7. The minimum Gasteiger partial charge on any atom is -0.422 e. The summed E-state index contributed by atoms with van der Waals surface area (Å²) in [5.74, 6) is -2.12. The van der Waals surface area contributed by atoms with Crippen LogP contribution in [0.15, 0.2) is 78.4 Å². The Bertz CT molecular complexity index is 1300. The molecule has 1 aliphatic rings. The summed E-state index contributed by atoms with van der Waals surface area (Å²) in [6.07, 6.45) is 1.29. The van der Waals surface area contributed by atoms with Gasteiger partial charge in [-0.2, -0.15) is 0 Å². The zero-order valence-corrected chi connectivity index (χ0v) is 19.7. The smallest absolute Gasteiger partial charge is 0.343 e. The second-order valence-electron chi connectivity index (χ2n) is 6.87. The number of amides is 4. The van der Waals surface area contributed by atoms with Crippen molar-refractivity contribution in [2.75, 3.05) is 4.90 Å². The van der Waals surface area contributed by atoms with Crippen LogP contribution in [-0.2, 0) is 9.59 Å². The molecule has 1 heterocycles. The van der Waals surface area contributed by atoms with E-state index in [4.69, 9.17) is 16.3 Å². The lowest BCUT2D eigenvalue weighted by atomic mass is 10.1. The Balaban J connectivity index is 1.66. The fourth-order valence-electron chi connectivity index (χ4n) is 3.08. The number of rotatable bonds is 4. The number of anilines is 1. The molecule has 0 bridgehead atoms. The average Bonchev–Trinajstić information content (AvgIpc) is 2.79. The monoisotopic (exact) mass is 572 g/mol. The van der Waals surface area contributed by atoms with Gasteiger partial charge in [-0.05, 0) is 83.3 Å². The van der Waals surface area contributed by atoms with Crippen LogP contribution in [-0.4, -0.2) is 23.8 Å². The number of hydrogen-bond acceptors (Lipinski definition) is 5. The summed E-state index contributed by atoms with van der Waals surface area (Å²) in [4.78, 5) is 51.3. The number of benzene rings is 3. The summed E-state index contributed by atoms with van der Waals surface area (Å²) < 4.78 is 6.40. The van der Waals surface area contributed by atoms with Crippen LogP contribution in [0.3, 0.4) is 0 Å². The van der Waals surface area contributed by atoms with Gasteiger partial charge >= 0.3 is 12.0 Å². The lowest BCUT2D eigenvalue weighted by Crippen LogP contribution is -2.54. The molecule has 3 aromatic rings. The van der Waals surface area contributed by atoms with Crippen molar-refractivity contribution in [3.8, 4) is 5.75 Å². The second-order valence-corrected chi connectivity index (χ2v) is 8.55. The third-order valence-electron chi connectivity index (χ3n) is 4.69. The minimum absolute atomic E-state index is 0.142. The van der Waals surface area contributed by atoms with E-state index < -0.39 is 23.8 Å². The first-order chi connectivity index (χ1) is 15.8. The highest BCUT2D eigenvalue weighted by Crippen LogP contribution is 2.26. The fraction of sp³-hybridized carbons (Fsp3) is 0. The molecule has 9 heteroatoms. The molecule has 0 atom stereocenters. The maximum Gasteiger partial charge on any atom is 0.343 e. The quantitative estimate of drug-likeness (QED) is 0.159. The highest BCUT2D eigenvalue weighted by molar-refractivity contribution is 14.1. The Morgan fingerprint density at radius 3 is 2.30 bits per heavy atom. The van der Waals surface area contributed by atoms with E-state index in [9.17, 15) is 19.2 Å². The maximum absolute atomic E-state index is 13.1. The normalized spacial score (nSPS) is 14.9. The van der Waals surface area contributed by atoms with Crippen LogP contribution >= 0.6 is 34.2 Å². The number of ether oxygens (including phenoxy) is 1. The number of urea groups is 1. The summed E-state index contributed by atoms with van der Waals surface area (Å²) in [5.41, 5.74) is 0.640. The van der Waals surface area contributed by atoms with Gasteiger partial charge in [-0.3, -0.25) is 14.9 Å². The van der Waals surface area contributed by atoms with Crippen molar-refractivity contribution in [1.29, 1.82) is 0 Å².